The first-order chi connectivity index (χ1) is 19.2. The van der Waals surface area contributed by atoms with E-state index in [9.17, 15) is 0 Å². The second-order valence-electron chi connectivity index (χ2n) is 12.9. The normalized spacial score (nSPS) is 13.2. The summed E-state index contributed by atoms with van der Waals surface area (Å²) in [5, 5.41) is 0. The monoisotopic (exact) mass is 546 g/mol. The predicted molar refractivity (Wildman–Crippen MR) is 175 cm³/mol. The van der Waals surface area contributed by atoms with E-state index in [-0.39, 0.29) is 0 Å². The predicted octanol–water partition coefficient (Wildman–Crippen LogP) is 12.9. The van der Waals surface area contributed by atoms with Gasteiger partial charge in [0.15, 0.2) is 0 Å². The van der Waals surface area contributed by atoms with Crippen LogP contribution in [0.2, 0.25) is 0 Å². The first-order valence-corrected chi connectivity index (χ1v) is 18.3. The quantitative estimate of drug-likeness (QED) is 0.0732. The van der Waals surface area contributed by atoms with Gasteiger partial charge in [0.2, 0.25) is 0 Å². The van der Waals surface area contributed by atoms with Gasteiger partial charge in [0.05, 0.1) is 12.0 Å². The van der Waals surface area contributed by atoms with E-state index >= 15 is 0 Å². The number of aromatic nitrogens is 2. The number of rotatable bonds is 30. The van der Waals surface area contributed by atoms with Crippen molar-refractivity contribution < 1.29 is 4.57 Å². The molecule has 0 bridgehead atoms. The van der Waals surface area contributed by atoms with Crippen LogP contribution in [0.5, 0.6) is 0 Å². The summed E-state index contributed by atoms with van der Waals surface area (Å²) in [5.74, 6) is 2.24. The Morgan fingerprint density at radius 3 is 1.21 bits per heavy atom. The van der Waals surface area contributed by atoms with Gasteiger partial charge in [-0.2, -0.15) is 0 Å². The molecule has 39 heavy (non-hydrogen) atoms. The van der Waals surface area contributed by atoms with E-state index in [1.807, 2.05) is 0 Å². The second-order valence-corrected chi connectivity index (χ2v) is 12.9. The van der Waals surface area contributed by atoms with Gasteiger partial charge in [-0.15, -0.1) is 0 Å². The Morgan fingerprint density at radius 2 is 0.821 bits per heavy atom. The van der Waals surface area contributed by atoms with Crippen LogP contribution in [-0.2, 0) is 0 Å². The fourth-order valence-corrected chi connectivity index (χ4v) is 6.43. The van der Waals surface area contributed by atoms with E-state index in [2.05, 4.69) is 49.6 Å². The maximum atomic E-state index is 3.73. The van der Waals surface area contributed by atoms with Gasteiger partial charge >= 0.3 is 0 Å². The van der Waals surface area contributed by atoms with Crippen molar-refractivity contribution >= 4 is 0 Å². The lowest BCUT2D eigenvalue weighted by Gasteiger charge is -2.17. The van der Waals surface area contributed by atoms with Crippen LogP contribution in [0.4, 0.5) is 0 Å². The van der Waals surface area contributed by atoms with E-state index in [4.69, 9.17) is 0 Å². The molecule has 1 heterocycles. The zero-order valence-corrected chi connectivity index (χ0v) is 27.6. The molecule has 1 aromatic heterocycles. The summed E-state index contributed by atoms with van der Waals surface area (Å²) in [7, 11) is 0. The molecular weight excluding hydrogens is 472 g/mol. The molecule has 0 fully saturated rings. The van der Waals surface area contributed by atoms with Crippen molar-refractivity contribution in [1.29, 1.82) is 0 Å². The molecule has 0 amide bonds. The van der Waals surface area contributed by atoms with Crippen LogP contribution >= 0.6 is 0 Å². The highest BCUT2D eigenvalue weighted by molar-refractivity contribution is 4.90. The fourth-order valence-electron chi connectivity index (χ4n) is 6.43. The third-order valence-electron chi connectivity index (χ3n) is 9.14. The van der Waals surface area contributed by atoms with Crippen LogP contribution < -0.4 is 4.57 Å². The first kappa shape index (κ1) is 36.2. The minimum Gasteiger partial charge on any atom is -0.247 e. The summed E-state index contributed by atoms with van der Waals surface area (Å²) >= 11 is 0. The standard InChI is InChI=1S/C37H72N2/c1-5-8-11-14-17-19-20-21-23-26-29-32-36(31-28-25-22-18-15-12-9-6-2)37-38-33-34-39(37)35(4)30-27-24-16-13-10-7-3/h33-36H,5-32H2,1-4H3/p+1. The lowest BCUT2D eigenvalue weighted by atomic mass is 9.92. The lowest BCUT2D eigenvalue weighted by Crippen LogP contribution is -2.41. The largest absolute Gasteiger partial charge is 0.257 e. The summed E-state index contributed by atoms with van der Waals surface area (Å²) < 4.78 is 2.62. The number of H-pyrrole nitrogens is 1. The summed E-state index contributed by atoms with van der Waals surface area (Å²) in [6.07, 6.45) is 44.2. The Labute approximate surface area is 246 Å². The zero-order valence-electron chi connectivity index (χ0n) is 27.6. The van der Waals surface area contributed by atoms with E-state index in [1.165, 1.54) is 186 Å². The minimum atomic E-state index is 0.621. The van der Waals surface area contributed by atoms with Crippen molar-refractivity contribution in [1.82, 2.24) is 4.98 Å². The molecule has 230 valence electrons. The molecule has 2 unspecified atom stereocenters. The molecular formula is C37H73N2+. The van der Waals surface area contributed by atoms with Gasteiger partial charge < -0.3 is 0 Å². The van der Waals surface area contributed by atoms with Crippen LogP contribution in [0.1, 0.15) is 225 Å². The van der Waals surface area contributed by atoms with E-state index in [1.54, 1.807) is 0 Å². The third kappa shape index (κ3) is 19.8. The lowest BCUT2D eigenvalue weighted by molar-refractivity contribution is -0.727. The van der Waals surface area contributed by atoms with Gasteiger partial charge in [0, 0.05) is 0 Å². The Kier molecular flexibility index (Phi) is 25.4. The van der Waals surface area contributed by atoms with Crippen LogP contribution in [0.15, 0.2) is 12.4 Å². The average molecular weight is 546 g/mol. The number of imidazole rings is 1. The molecule has 0 radical (unpaired) electrons. The molecule has 0 spiro atoms. The molecule has 2 nitrogen and oxygen atoms in total. The zero-order chi connectivity index (χ0) is 28.2. The van der Waals surface area contributed by atoms with Gasteiger partial charge in [0.1, 0.15) is 12.4 Å². The van der Waals surface area contributed by atoms with Crippen molar-refractivity contribution in [3.05, 3.63) is 18.2 Å². The smallest absolute Gasteiger partial charge is 0.247 e. The molecule has 1 N–H and O–H groups in total. The maximum absolute atomic E-state index is 3.73. The number of nitrogens with zero attached hydrogens (tertiary/aromatic N) is 1. The molecule has 1 rings (SSSR count). The topological polar surface area (TPSA) is 19.7 Å². The van der Waals surface area contributed by atoms with Crippen LogP contribution in [0.25, 0.3) is 0 Å². The number of nitrogens with one attached hydrogen (secondary N) is 1. The van der Waals surface area contributed by atoms with Crippen molar-refractivity contribution in [2.24, 2.45) is 0 Å². The van der Waals surface area contributed by atoms with Gasteiger partial charge in [-0.1, -0.05) is 175 Å². The number of unbranched alkanes of at least 4 members (excludes halogenated alkanes) is 22. The number of aromatic amines is 1. The second kappa shape index (κ2) is 27.4. The van der Waals surface area contributed by atoms with Gasteiger partial charge in [-0.3, -0.25) is 0 Å². The third-order valence-corrected chi connectivity index (χ3v) is 9.14. The Bertz CT molecular complexity index is 606. The first-order valence-electron chi connectivity index (χ1n) is 18.3. The molecule has 0 aliphatic heterocycles. The molecule has 0 aliphatic rings. The Balaban J connectivity index is 2.45. The van der Waals surface area contributed by atoms with Crippen LogP contribution in [0, 0.1) is 0 Å². The molecule has 0 saturated heterocycles. The van der Waals surface area contributed by atoms with E-state index in [0.717, 1.165) is 0 Å². The van der Waals surface area contributed by atoms with Crippen molar-refractivity contribution in [3.63, 3.8) is 0 Å². The highest BCUT2D eigenvalue weighted by atomic mass is 15.1. The molecule has 2 atom stereocenters. The van der Waals surface area contributed by atoms with Gasteiger partial charge in [0.25, 0.3) is 5.82 Å². The maximum Gasteiger partial charge on any atom is 0.257 e. The average Bonchev–Trinajstić information content (AvgIpc) is 3.44. The SMILES string of the molecule is CCCCCCCCCCCCCC(CCCCCCCCCC)c1[nH]cc[n+]1C(C)CCCCCCCC. The minimum absolute atomic E-state index is 0.621. The van der Waals surface area contributed by atoms with Gasteiger partial charge in [-0.05, 0) is 32.6 Å². The molecule has 0 aliphatic carbocycles. The Hall–Kier alpha value is -0.790. The number of hydrogen-bond acceptors (Lipinski definition) is 0. The summed E-state index contributed by atoms with van der Waals surface area (Å²) in [4.78, 5) is 3.73. The van der Waals surface area contributed by atoms with Crippen molar-refractivity contribution in [2.75, 3.05) is 0 Å². The summed E-state index contributed by atoms with van der Waals surface area (Å²) in [5.41, 5.74) is 0. The van der Waals surface area contributed by atoms with Gasteiger partial charge in [-0.25, -0.2) is 9.55 Å². The molecule has 2 heteroatoms. The fraction of sp³-hybridized carbons (Fsp3) is 0.919. The Morgan fingerprint density at radius 1 is 0.487 bits per heavy atom. The highest BCUT2D eigenvalue weighted by Gasteiger charge is 2.25. The molecule has 1 aromatic rings. The van der Waals surface area contributed by atoms with Crippen molar-refractivity contribution in [3.8, 4) is 0 Å². The summed E-state index contributed by atoms with van der Waals surface area (Å²) in [6.45, 7) is 9.40. The van der Waals surface area contributed by atoms with Crippen LogP contribution in [0.3, 0.4) is 0 Å². The van der Waals surface area contributed by atoms with E-state index < -0.39 is 0 Å². The molecule has 0 aromatic carbocycles. The summed E-state index contributed by atoms with van der Waals surface area (Å²) in [6, 6.07) is 0.621. The van der Waals surface area contributed by atoms with Crippen molar-refractivity contribution in [2.45, 2.75) is 219 Å². The van der Waals surface area contributed by atoms with E-state index in [0.29, 0.717) is 12.0 Å². The number of hydrogen-bond donors (Lipinski definition) is 1. The van der Waals surface area contributed by atoms with Crippen LogP contribution in [-0.4, -0.2) is 4.98 Å². The molecule has 0 saturated carbocycles. The highest BCUT2D eigenvalue weighted by Crippen LogP contribution is 2.27.